The molecule has 2 bridgehead atoms. The van der Waals surface area contributed by atoms with Gasteiger partial charge in [-0.15, -0.1) is 6.58 Å². The summed E-state index contributed by atoms with van der Waals surface area (Å²) in [5.41, 5.74) is 4.19. The monoisotopic (exact) mass is 311 g/mol. The average molecular weight is 311 g/mol. The third kappa shape index (κ3) is 1.58. The fraction of sp³-hybridized carbons (Fsp3) is 0.600. The summed E-state index contributed by atoms with van der Waals surface area (Å²) < 4.78 is 6.43. The number of aliphatic hydroxyl groups excluding tert-OH is 1. The lowest BCUT2D eigenvalue weighted by Gasteiger charge is -2.59. The Hall–Kier alpha value is -1.32. The molecule has 4 aliphatic rings. The standard InChI is InChI=1S/C20H25NO2/c1-3-9-21-10-8-20-14-6-7-16(22)19(20)23-18-12(2)4-5-13(17(18)20)11-15(14)21/h3-5,14-16,19,22H,1,6-11H2,2H3/t14-,15+,16?,19-,20-/m1/s1. The number of nitrogens with zero attached hydrogens (tertiary/aromatic N) is 1. The molecule has 3 heteroatoms. The Kier molecular flexibility index (Phi) is 2.82. The lowest BCUT2D eigenvalue weighted by Crippen LogP contribution is -2.66. The molecule has 1 N–H and O–H groups in total. The number of hydrogen-bond donors (Lipinski definition) is 1. The molecule has 0 aromatic heterocycles. The first-order valence-corrected chi connectivity index (χ1v) is 8.99. The highest BCUT2D eigenvalue weighted by molar-refractivity contribution is 5.58. The number of aliphatic hydroxyl groups is 1. The van der Waals surface area contributed by atoms with E-state index in [-0.39, 0.29) is 17.6 Å². The van der Waals surface area contributed by atoms with Crippen LogP contribution in [0.4, 0.5) is 0 Å². The molecule has 1 unspecified atom stereocenters. The zero-order valence-electron chi connectivity index (χ0n) is 13.8. The van der Waals surface area contributed by atoms with Gasteiger partial charge in [0.05, 0.1) is 6.10 Å². The van der Waals surface area contributed by atoms with Gasteiger partial charge in [0, 0.05) is 23.6 Å². The molecule has 5 atom stereocenters. The van der Waals surface area contributed by atoms with Gasteiger partial charge >= 0.3 is 0 Å². The van der Waals surface area contributed by atoms with Crippen LogP contribution in [-0.2, 0) is 11.8 Å². The highest BCUT2D eigenvalue weighted by Crippen LogP contribution is 2.62. The number of aryl methyl sites for hydroxylation is 1. The zero-order chi connectivity index (χ0) is 15.8. The zero-order valence-corrected chi connectivity index (χ0v) is 13.8. The van der Waals surface area contributed by atoms with E-state index < -0.39 is 0 Å². The number of rotatable bonds is 2. The number of ether oxygens (including phenoxy) is 1. The number of piperidine rings is 1. The van der Waals surface area contributed by atoms with Gasteiger partial charge in [-0.1, -0.05) is 18.2 Å². The van der Waals surface area contributed by atoms with E-state index in [1.54, 1.807) is 0 Å². The first-order chi connectivity index (χ1) is 11.2. The van der Waals surface area contributed by atoms with Gasteiger partial charge in [0.15, 0.2) is 0 Å². The van der Waals surface area contributed by atoms with Gasteiger partial charge in [0.25, 0.3) is 0 Å². The SMILES string of the molecule is C=CCN1CC[C@@]23c4c5ccc(C)c4O[C@@H]2C(O)CC[C@@H]3[C@@H]1C5. The Morgan fingerprint density at radius 1 is 1.43 bits per heavy atom. The summed E-state index contributed by atoms with van der Waals surface area (Å²) in [4.78, 5) is 2.61. The maximum absolute atomic E-state index is 10.7. The van der Waals surface area contributed by atoms with Crippen LogP contribution >= 0.6 is 0 Å². The second-order valence-electron chi connectivity index (χ2n) is 7.88. The van der Waals surface area contributed by atoms with Crippen molar-refractivity contribution >= 4 is 0 Å². The minimum absolute atomic E-state index is 0.0372. The Labute approximate surface area is 137 Å². The summed E-state index contributed by atoms with van der Waals surface area (Å²) in [5.74, 6) is 1.70. The minimum atomic E-state index is -0.324. The molecule has 3 nitrogen and oxygen atoms in total. The molecule has 5 rings (SSSR count). The van der Waals surface area contributed by atoms with E-state index in [1.807, 2.05) is 6.08 Å². The lowest BCUT2D eigenvalue weighted by atomic mass is 9.51. The van der Waals surface area contributed by atoms with Crippen molar-refractivity contribution < 1.29 is 9.84 Å². The molecule has 2 aliphatic heterocycles. The van der Waals surface area contributed by atoms with E-state index in [2.05, 4.69) is 30.5 Å². The molecule has 1 aromatic carbocycles. The van der Waals surface area contributed by atoms with Crippen molar-refractivity contribution in [3.05, 3.63) is 41.5 Å². The fourth-order valence-corrected chi connectivity index (χ4v) is 6.14. The molecule has 2 fully saturated rings. The second-order valence-corrected chi connectivity index (χ2v) is 7.88. The molecule has 0 radical (unpaired) electrons. The number of hydrogen-bond acceptors (Lipinski definition) is 3. The van der Waals surface area contributed by atoms with Crippen LogP contribution in [-0.4, -0.2) is 41.3 Å². The van der Waals surface area contributed by atoms with Crippen LogP contribution in [0.1, 0.15) is 36.0 Å². The molecule has 2 aliphatic carbocycles. The van der Waals surface area contributed by atoms with E-state index in [9.17, 15) is 5.11 Å². The van der Waals surface area contributed by atoms with Crippen LogP contribution < -0.4 is 4.74 Å². The molecule has 1 spiro atoms. The average Bonchev–Trinajstić information content (AvgIpc) is 2.89. The smallest absolute Gasteiger partial charge is 0.135 e. The van der Waals surface area contributed by atoms with E-state index in [0.717, 1.165) is 44.5 Å². The van der Waals surface area contributed by atoms with Crippen LogP contribution in [0.2, 0.25) is 0 Å². The Morgan fingerprint density at radius 2 is 2.30 bits per heavy atom. The second kappa shape index (κ2) is 4.61. The highest BCUT2D eigenvalue weighted by atomic mass is 16.5. The largest absolute Gasteiger partial charge is 0.486 e. The molecule has 23 heavy (non-hydrogen) atoms. The summed E-state index contributed by atoms with van der Waals surface area (Å²) in [6.45, 7) is 8.15. The van der Waals surface area contributed by atoms with Crippen molar-refractivity contribution in [2.24, 2.45) is 5.92 Å². The Bertz CT molecular complexity index is 684. The topological polar surface area (TPSA) is 32.7 Å². The number of benzene rings is 1. The van der Waals surface area contributed by atoms with Crippen LogP contribution in [0.3, 0.4) is 0 Å². The normalized spacial score (nSPS) is 40.4. The van der Waals surface area contributed by atoms with Crippen molar-refractivity contribution in [1.29, 1.82) is 0 Å². The van der Waals surface area contributed by atoms with Crippen LogP contribution in [0.15, 0.2) is 24.8 Å². The van der Waals surface area contributed by atoms with Crippen LogP contribution in [0, 0.1) is 12.8 Å². The van der Waals surface area contributed by atoms with Crippen LogP contribution in [0.5, 0.6) is 5.75 Å². The van der Waals surface area contributed by atoms with Crippen molar-refractivity contribution in [2.45, 2.75) is 56.3 Å². The van der Waals surface area contributed by atoms with Crippen LogP contribution in [0.25, 0.3) is 0 Å². The van der Waals surface area contributed by atoms with Gasteiger partial charge in [-0.25, -0.2) is 0 Å². The van der Waals surface area contributed by atoms with Gasteiger partial charge in [-0.3, -0.25) is 4.90 Å². The Balaban J connectivity index is 1.73. The van der Waals surface area contributed by atoms with E-state index >= 15 is 0 Å². The van der Waals surface area contributed by atoms with Crippen molar-refractivity contribution in [1.82, 2.24) is 4.90 Å². The molecule has 2 heterocycles. The molecule has 122 valence electrons. The Morgan fingerprint density at radius 3 is 3.13 bits per heavy atom. The molecule has 1 saturated carbocycles. The van der Waals surface area contributed by atoms with Gasteiger partial charge in [0.2, 0.25) is 0 Å². The van der Waals surface area contributed by atoms with Crippen molar-refractivity contribution in [3.63, 3.8) is 0 Å². The van der Waals surface area contributed by atoms with Gasteiger partial charge in [-0.05, 0) is 56.2 Å². The van der Waals surface area contributed by atoms with Crippen molar-refractivity contribution in [3.8, 4) is 5.75 Å². The predicted molar refractivity (Wildman–Crippen MR) is 89.9 cm³/mol. The first-order valence-electron chi connectivity index (χ1n) is 8.99. The third-order valence-electron chi connectivity index (χ3n) is 6.98. The highest BCUT2D eigenvalue weighted by Gasteiger charge is 2.65. The molecule has 1 aromatic rings. The fourth-order valence-electron chi connectivity index (χ4n) is 6.14. The van der Waals surface area contributed by atoms with E-state index in [0.29, 0.717) is 12.0 Å². The quantitative estimate of drug-likeness (QED) is 0.852. The minimum Gasteiger partial charge on any atom is -0.486 e. The third-order valence-corrected chi connectivity index (χ3v) is 6.98. The van der Waals surface area contributed by atoms with E-state index in [1.165, 1.54) is 16.7 Å². The molecule has 1 saturated heterocycles. The molecular weight excluding hydrogens is 286 g/mol. The maximum Gasteiger partial charge on any atom is 0.135 e. The van der Waals surface area contributed by atoms with Crippen molar-refractivity contribution in [2.75, 3.05) is 13.1 Å². The summed E-state index contributed by atoms with van der Waals surface area (Å²) in [5, 5.41) is 10.7. The van der Waals surface area contributed by atoms with Gasteiger partial charge < -0.3 is 9.84 Å². The van der Waals surface area contributed by atoms with Gasteiger partial charge in [-0.2, -0.15) is 0 Å². The first kappa shape index (κ1) is 14.1. The summed E-state index contributed by atoms with van der Waals surface area (Å²) in [7, 11) is 0. The predicted octanol–water partition coefficient (Wildman–Crippen LogP) is 2.58. The summed E-state index contributed by atoms with van der Waals surface area (Å²) >= 11 is 0. The molecule has 0 amide bonds. The lowest BCUT2D eigenvalue weighted by molar-refractivity contribution is -0.102. The summed E-state index contributed by atoms with van der Waals surface area (Å²) in [6.07, 6.45) is 5.89. The van der Waals surface area contributed by atoms with E-state index in [4.69, 9.17) is 4.74 Å². The molecular formula is C20H25NO2. The summed E-state index contributed by atoms with van der Waals surface area (Å²) in [6, 6.07) is 5.08. The van der Waals surface area contributed by atoms with Gasteiger partial charge in [0.1, 0.15) is 11.9 Å². The number of likely N-dealkylation sites (tertiary alicyclic amines) is 1. The maximum atomic E-state index is 10.7.